The number of likely N-dealkylation sites (tertiary alicyclic amines) is 1. The van der Waals surface area contributed by atoms with Crippen LogP contribution in [0.1, 0.15) is 35.1 Å². The molecule has 0 bridgehead atoms. The van der Waals surface area contributed by atoms with Gasteiger partial charge in [0, 0.05) is 29.5 Å². The number of amides is 2. The number of carbonyl (C=O) groups is 2. The van der Waals surface area contributed by atoms with Gasteiger partial charge in [0.2, 0.25) is 5.91 Å². The van der Waals surface area contributed by atoms with Crippen LogP contribution in [0.5, 0.6) is 5.75 Å². The zero-order valence-electron chi connectivity index (χ0n) is 18.2. The summed E-state index contributed by atoms with van der Waals surface area (Å²) in [5, 5.41) is 0.833. The number of primary amides is 1. The number of rotatable bonds is 6. The van der Waals surface area contributed by atoms with Crippen LogP contribution in [0.3, 0.4) is 0 Å². The standard InChI is InChI=1S/C25H26N2O5/c1-15-18-10-11-21(31-14-22(28)27-12-6-9-20(27)24(26)29)16(2)23(18)32-25(30)19(15)13-17-7-4-3-5-8-17/h3-5,7-8,10-11,20H,6,9,12-14H2,1-2H3,(H2,26,29). The monoisotopic (exact) mass is 434 g/mol. The molecule has 1 aromatic heterocycles. The zero-order valence-corrected chi connectivity index (χ0v) is 18.2. The summed E-state index contributed by atoms with van der Waals surface area (Å²) in [5.41, 5.74) is 8.64. The van der Waals surface area contributed by atoms with Crippen molar-refractivity contribution in [3.05, 3.63) is 75.1 Å². The molecule has 2 heterocycles. The molecule has 1 fully saturated rings. The van der Waals surface area contributed by atoms with Crippen molar-refractivity contribution >= 4 is 22.8 Å². The fourth-order valence-electron chi connectivity index (χ4n) is 4.31. The average Bonchev–Trinajstić information content (AvgIpc) is 3.28. The molecule has 1 saturated heterocycles. The van der Waals surface area contributed by atoms with Gasteiger partial charge in [0.15, 0.2) is 6.61 Å². The minimum absolute atomic E-state index is 0.217. The van der Waals surface area contributed by atoms with Gasteiger partial charge < -0.3 is 19.8 Å². The zero-order chi connectivity index (χ0) is 22.8. The summed E-state index contributed by atoms with van der Waals surface area (Å²) in [6, 6.07) is 12.8. The molecular weight excluding hydrogens is 408 g/mol. The Hall–Kier alpha value is -3.61. The fourth-order valence-corrected chi connectivity index (χ4v) is 4.31. The lowest BCUT2D eigenvalue weighted by Gasteiger charge is -2.22. The summed E-state index contributed by atoms with van der Waals surface area (Å²) in [7, 11) is 0. The van der Waals surface area contributed by atoms with E-state index in [1.54, 1.807) is 13.0 Å². The van der Waals surface area contributed by atoms with Gasteiger partial charge in [-0.05, 0) is 49.9 Å². The third kappa shape index (κ3) is 4.10. The largest absolute Gasteiger partial charge is 0.483 e. The molecule has 1 aliphatic heterocycles. The number of hydrogen-bond acceptors (Lipinski definition) is 5. The van der Waals surface area contributed by atoms with E-state index in [1.165, 1.54) is 4.90 Å². The second kappa shape index (κ2) is 8.86. The Morgan fingerprint density at radius 1 is 1.12 bits per heavy atom. The van der Waals surface area contributed by atoms with Crippen LogP contribution >= 0.6 is 0 Å². The number of ether oxygens (including phenoxy) is 1. The Balaban J connectivity index is 1.58. The van der Waals surface area contributed by atoms with E-state index in [1.807, 2.05) is 43.3 Å². The normalized spacial score (nSPS) is 15.8. The van der Waals surface area contributed by atoms with Crippen LogP contribution in [-0.4, -0.2) is 35.9 Å². The van der Waals surface area contributed by atoms with Gasteiger partial charge in [-0.1, -0.05) is 30.3 Å². The quantitative estimate of drug-likeness (QED) is 0.601. The Bertz CT molecular complexity index is 1230. The number of benzene rings is 2. The second-order valence-electron chi connectivity index (χ2n) is 8.16. The lowest BCUT2D eigenvalue weighted by molar-refractivity contribution is -0.138. The van der Waals surface area contributed by atoms with Crippen LogP contribution in [0.25, 0.3) is 11.0 Å². The van der Waals surface area contributed by atoms with Crippen LogP contribution in [0.4, 0.5) is 0 Å². The van der Waals surface area contributed by atoms with Crippen molar-refractivity contribution in [1.29, 1.82) is 0 Å². The molecule has 1 aliphatic rings. The van der Waals surface area contributed by atoms with E-state index >= 15 is 0 Å². The topological polar surface area (TPSA) is 103 Å². The van der Waals surface area contributed by atoms with Crippen LogP contribution in [-0.2, 0) is 16.0 Å². The summed E-state index contributed by atoms with van der Waals surface area (Å²) in [5.74, 6) is -0.332. The van der Waals surface area contributed by atoms with E-state index in [2.05, 4.69) is 0 Å². The summed E-state index contributed by atoms with van der Waals surface area (Å²) in [6.45, 7) is 3.98. The van der Waals surface area contributed by atoms with E-state index in [9.17, 15) is 14.4 Å². The minimum atomic E-state index is -0.576. The van der Waals surface area contributed by atoms with Crippen molar-refractivity contribution in [2.45, 2.75) is 39.2 Å². The van der Waals surface area contributed by atoms with E-state index in [0.717, 1.165) is 22.9 Å². The first-order chi connectivity index (χ1) is 15.4. The SMILES string of the molecule is Cc1c(Cc2ccccc2)c(=O)oc2c(C)c(OCC(=O)N3CCCC3C(N)=O)ccc12. The predicted octanol–water partition coefficient (Wildman–Crippen LogP) is 2.86. The summed E-state index contributed by atoms with van der Waals surface area (Å²) < 4.78 is 11.4. The number of fused-ring (bicyclic) bond motifs is 1. The fraction of sp³-hybridized carbons (Fsp3) is 0.320. The van der Waals surface area contributed by atoms with Crippen molar-refractivity contribution in [2.75, 3.05) is 13.2 Å². The van der Waals surface area contributed by atoms with E-state index in [4.69, 9.17) is 14.9 Å². The van der Waals surface area contributed by atoms with E-state index < -0.39 is 11.9 Å². The Morgan fingerprint density at radius 2 is 1.88 bits per heavy atom. The maximum absolute atomic E-state index is 12.7. The van der Waals surface area contributed by atoms with Gasteiger partial charge in [-0.25, -0.2) is 4.79 Å². The van der Waals surface area contributed by atoms with Gasteiger partial charge in [-0.15, -0.1) is 0 Å². The highest BCUT2D eigenvalue weighted by molar-refractivity contribution is 5.88. The first-order valence-corrected chi connectivity index (χ1v) is 10.7. The molecule has 32 heavy (non-hydrogen) atoms. The molecule has 0 spiro atoms. The highest BCUT2D eigenvalue weighted by atomic mass is 16.5. The van der Waals surface area contributed by atoms with E-state index in [0.29, 0.717) is 41.8 Å². The molecule has 7 heteroatoms. The Morgan fingerprint density at radius 3 is 2.59 bits per heavy atom. The number of nitrogens with two attached hydrogens (primary N) is 1. The highest BCUT2D eigenvalue weighted by Crippen LogP contribution is 2.30. The third-order valence-electron chi connectivity index (χ3n) is 6.13. The van der Waals surface area contributed by atoms with Gasteiger partial charge in [0.25, 0.3) is 5.91 Å². The molecular formula is C25H26N2O5. The van der Waals surface area contributed by atoms with Gasteiger partial charge >= 0.3 is 5.63 Å². The van der Waals surface area contributed by atoms with Crippen molar-refractivity contribution < 1.29 is 18.7 Å². The lowest BCUT2D eigenvalue weighted by Crippen LogP contribution is -2.45. The Kier molecular flexibility index (Phi) is 5.99. The summed E-state index contributed by atoms with van der Waals surface area (Å²) >= 11 is 0. The molecule has 3 aromatic rings. The van der Waals surface area contributed by atoms with Crippen molar-refractivity contribution in [3.63, 3.8) is 0 Å². The average molecular weight is 434 g/mol. The number of aryl methyl sites for hydroxylation is 2. The summed E-state index contributed by atoms with van der Waals surface area (Å²) in [6.07, 6.45) is 1.81. The first-order valence-electron chi connectivity index (χ1n) is 10.7. The number of carbonyl (C=O) groups excluding carboxylic acids is 2. The van der Waals surface area contributed by atoms with Crippen molar-refractivity contribution in [2.24, 2.45) is 5.73 Å². The molecule has 0 radical (unpaired) electrons. The van der Waals surface area contributed by atoms with Gasteiger partial charge in [-0.2, -0.15) is 0 Å². The second-order valence-corrected chi connectivity index (χ2v) is 8.16. The smallest absolute Gasteiger partial charge is 0.340 e. The van der Waals surface area contributed by atoms with Crippen molar-refractivity contribution in [3.8, 4) is 5.75 Å². The number of nitrogens with zero attached hydrogens (tertiary/aromatic N) is 1. The molecule has 0 saturated carbocycles. The maximum atomic E-state index is 12.7. The predicted molar refractivity (Wildman–Crippen MR) is 121 cm³/mol. The molecule has 4 rings (SSSR count). The third-order valence-corrected chi connectivity index (χ3v) is 6.13. The molecule has 2 N–H and O–H groups in total. The van der Waals surface area contributed by atoms with E-state index in [-0.39, 0.29) is 18.1 Å². The molecule has 2 amide bonds. The van der Waals surface area contributed by atoms with Crippen molar-refractivity contribution in [1.82, 2.24) is 4.90 Å². The molecule has 166 valence electrons. The molecule has 0 aliphatic carbocycles. The Labute approximate surface area is 185 Å². The molecule has 7 nitrogen and oxygen atoms in total. The molecule has 1 atom stereocenters. The van der Waals surface area contributed by atoms with Gasteiger partial charge in [0.05, 0.1) is 0 Å². The highest BCUT2D eigenvalue weighted by Gasteiger charge is 2.32. The number of hydrogen-bond donors (Lipinski definition) is 1. The first kappa shape index (κ1) is 21.6. The van der Waals surface area contributed by atoms with Gasteiger partial charge in [0.1, 0.15) is 17.4 Å². The minimum Gasteiger partial charge on any atom is -0.483 e. The lowest BCUT2D eigenvalue weighted by atomic mass is 9.98. The molecule has 2 aromatic carbocycles. The van der Waals surface area contributed by atoms with Crippen LogP contribution in [0, 0.1) is 13.8 Å². The van der Waals surface area contributed by atoms with Crippen LogP contribution in [0.15, 0.2) is 51.7 Å². The maximum Gasteiger partial charge on any atom is 0.340 e. The van der Waals surface area contributed by atoms with Crippen LogP contribution in [0.2, 0.25) is 0 Å². The summed E-state index contributed by atoms with van der Waals surface area (Å²) in [4.78, 5) is 38.3. The van der Waals surface area contributed by atoms with Crippen LogP contribution < -0.4 is 16.1 Å². The van der Waals surface area contributed by atoms with Gasteiger partial charge in [-0.3, -0.25) is 9.59 Å². The molecule has 1 unspecified atom stereocenters.